The molecule has 1 heterocycles. The van der Waals surface area contributed by atoms with Crippen LogP contribution in [0.15, 0.2) is 10.7 Å². The van der Waals surface area contributed by atoms with Crippen molar-refractivity contribution >= 4 is 17.7 Å². The van der Waals surface area contributed by atoms with E-state index in [1.807, 2.05) is 6.92 Å². The maximum atomic E-state index is 10.7. The second kappa shape index (κ2) is 3.67. The van der Waals surface area contributed by atoms with Crippen molar-refractivity contribution in [1.29, 1.82) is 0 Å². The maximum absolute atomic E-state index is 10.7. The summed E-state index contributed by atoms with van der Waals surface area (Å²) in [6.07, 6.45) is 0.701. The van der Waals surface area contributed by atoms with Crippen LogP contribution in [0.3, 0.4) is 0 Å². The van der Waals surface area contributed by atoms with Gasteiger partial charge in [-0.15, -0.1) is 11.8 Å². The summed E-state index contributed by atoms with van der Waals surface area (Å²) in [6.45, 7) is 2.58. The number of amides is 1. The summed E-state index contributed by atoms with van der Waals surface area (Å²) < 4.78 is 5.22. The van der Waals surface area contributed by atoms with Gasteiger partial charge in [0.15, 0.2) is 0 Å². The van der Waals surface area contributed by atoms with Crippen LogP contribution in [-0.2, 0) is 9.53 Å². The first-order chi connectivity index (χ1) is 5.25. The molecule has 4 heteroatoms. The predicted molar refractivity (Wildman–Crippen MR) is 43.8 cm³/mol. The molecule has 0 aliphatic carbocycles. The van der Waals surface area contributed by atoms with Gasteiger partial charge in [0.1, 0.15) is 10.7 Å². The Morgan fingerprint density at radius 3 is 3.00 bits per heavy atom. The van der Waals surface area contributed by atoms with Crippen LogP contribution in [0.5, 0.6) is 0 Å². The van der Waals surface area contributed by atoms with Crippen molar-refractivity contribution in [1.82, 2.24) is 5.73 Å². The molecule has 1 amide bonds. The highest BCUT2D eigenvalue weighted by Crippen LogP contribution is 2.26. The third-order valence-corrected chi connectivity index (χ3v) is 2.46. The molecule has 61 valence electrons. The highest BCUT2D eigenvalue weighted by molar-refractivity contribution is 8.04. The molecule has 1 aliphatic rings. The number of carbonyl (C=O) groups excluding carboxylic acids is 1. The van der Waals surface area contributed by atoms with Crippen molar-refractivity contribution < 1.29 is 9.53 Å². The Kier molecular flexibility index (Phi) is 2.82. The second-order valence-electron chi connectivity index (χ2n) is 2.13. The summed E-state index contributed by atoms with van der Waals surface area (Å²) in [4.78, 5) is 11.2. The lowest BCUT2D eigenvalue weighted by Gasteiger charge is -2.17. The lowest BCUT2D eigenvalue weighted by atomic mass is 10.3. The number of nitrogens with one attached hydrogen (secondary N) is 1. The van der Waals surface area contributed by atoms with Gasteiger partial charge >= 0.3 is 0 Å². The van der Waals surface area contributed by atoms with Gasteiger partial charge in [0, 0.05) is 12.2 Å². The molecular formula is C7H10NO2S. The van der Waals surface area contributed by atoms with Crippen molar-refractivity contribution in [2.45, 2.75) is 13.3 Å². The molecule has 0 saturated heterocycles. The van der Waals surface area contributed by atoms with Crippen LogP contribution in [0.4, 0.5) is 0 Å². The van der Waals surface area contributed by atoms with E-state index in [0.29, 0.717) is 23.7 Å². The van der Waals surface area contributed by atoms with E-state index >= 15 is 0 Å². The number of carbonyl (C=O) groups is 1. The summed E-state index contributed by atoms with van der Waals surface area (Å²) in [6, 6.07) is 0. The van der Waals surface area contributed by atoms with E-state index < -0.39 is 5.91 Å². The van der Waals surface area contributed by atoms with E-state index in [1.165, 1.54) is 11.8 Å². The van der Waals surface area contributed by atoms with Crippen LogP contribution in [0.2, 0.25) is 0 Å². The molecular weight excluding hydrogens is 162 g/mol. The van der Waals surface area contributed by atoms with E-state index in [2.05, 4.69) is 0 Å². The van der Waals surface area contributed by atoms with Gasteiger partial charge in [-0.05, 0) is 0 Å². The Morgan fingerprint density at radius 2 is 2.55 bits per heavy atom. The van der Waals surface area contributed by atoms with E-state index in [4.69, 9.17) is 10.5 Å². The van der Waals surface area contributed by atoms with Crippen molar-refractivity contribution in [3.8, 4) is 0 Å². The van der Waals surface area contributed by atoms with Gasteiger partial charge in [0.2, 0.25) is 0 Å². The van der Waals surface area contributed by atoms with E-state index in [1.54, 1.807) is 0 Å². The Hall–Kier alpha value is -0.640. The number of thioether (sulfide) groups is 1. The normalized spacial score (nSPS) is 17.9. The molecule has 3 nitrogen and oxygen atoms in total. The van der Waals surface area contributed by atoms with Gasteiger partial charge in [-0.1, -0.05) is 6.92 Å². The van der Waals surface area contributed by atoms with Crippen molar-refractivity contribution in [2.24, 2.45) is 0 Å². The first-order valence-electron chi connectivity index (χ1n) is 3.50. The van der Waals surface area contributed by atoms with Crippen LogP contribution >= 0.6 is 11.8 Å². The third-order valence-electron chi connectivity index (χ3n) is 1.39. The molecule has 1 aliphatic heterocycles. The Balaban J connectivity index is 2.81. The quantitative estimate of drug-likeness (QED) is 0.628. The van der Waals surface area contributed by atoms with Gasteiger partial charge in [0.25, 0.3) is 5.91 Å². The van der Waals surface area contributed by atoms with Crippen LogP contribution in [-0.4, -0.2) is 18.3 Å². The maximum Gasteiger partial charge on any atom is 0.279 e. The molecule has 0 aromatic rings. The largest absolute Gasteiger partial charge is 0.496 e. The minimum Gasteiger partial charge on any atom is -0.496 e. The Labute approximate surface area is 70.0 Å². The summed E-state index contributed by atoms with van der Waals surface area (Å²) in [5.41, 5.74) is 6.91. The van der Waals surface area contributed by atoms with E-state index in [0.717, 1.165) is 5.75 Å². The lowest BCUT2D eigenvalue weighted by Crippen LogP contribution is -2.12. The average molecular weight is 172 g/mol. The van der Waals surface area contributed by atoms with Gasteiger partial charge in [0.05, 0.1) is 6.61 Å². The van der Waals surface area contributed by atoms with Crippen LogP contribution in [0, 0.1) is 0 Å². The molecule has 0 aromatic carbocycles. The number of allylic oxidation sites excluding steroid dienone is 1. The number of rotatable bonds is 2. The molecule has 0 unspecified atom stereocenters. The molecule has 1 N–H and O–H groups in total. The fraction of sp³-hybridized carbons (Fsp3) is 0.571. The first-order valence-corrected chi connectivity index (χ1v) is 4.49. The molecule has 0 saturated carbocycles. The molecule has 11 heavy (non-hydrogen) atoms. The van der Waals surface area contributed by atoms with Crippen molar-refractivity contribution in [3.05, 3.63) is 10.7 Å². The summed E-state index contributed by atoms with van der Waals surface area (Å²) in [7, 11) is 0. The first kappa shape index (κ1) is 8.46. The molecule has 0 fully saturated rings. The Bertz CT molecular complexity index is 201. The SMILES string of the molecule is CCC1=C(C([NH])=O)SCCO1. The fourth-order valence-corrected chi connectivity index (χ4v) is 1.78. The molecule has 0 atom stereocenters. The summed E-state index contributed by atoms with van der Waals surface area (Å²) in [5, 5.41) is 0. The molecule has 0 spiro atoms. The van der Waals surface area contributed by atoms with Gasteiger partial charge in [-0.25, -0.2) is 0 Å². The predicted octanol–water partition coefficient (Wildman–Crippen LogP) is 1.18. The zero-order valence-electron chi connectivity index (χ0n) is 6.35. The summed E-state index contributed by atoms with van der Waals surface area (Å²) in [5.74, 6) is 0.844. The molecule has 1 radical (unpaired) electrons. The molecule has 0 aromatic heterocycles. The summed E-state index contributed by atoms with van der Waals surface area (Å²) >= 11 is 1.42. The van der Waals surface area contributed by atoms with Gasteiger partial charge in [-0.3, -0.25) is 10.5 Å². The minimum absolute atomic E-state index is 0.485. The van der Waals surface area contributed by atoms with Crippen molar-refractivity contribution in [3.63, 3.8) is 0 Å². The smallest absolute Gasteiger partial charge is 0.279 e. The van der Waals surface area contributed by atoms with Gasteiger partial charge in [-0.2, -0.15) is 0 Å². The monoisotopic (exact) mass is 172 g/mol. The minimum atomic E-state index is -0.619. The number of hydrogen-bond donors (Lipinski definition) is 0. The van der Waals surface area contributed by atoms with Crippen molar-refractivity contribution in [2.75, 3.05) is 12.4 Å². The lowest BCUT2D eigenvalue weighted by molar-refractivity contribution is -0.114. The van der Waals surface area contributed by atoms with E-state index in [-0.39, 0.29) is 0 Å². The average Bonchev–Trinajstić information content (AvgIpc) is 2.04. The topological polar surface area (TPSA) is 50.1 Å². The van der Waals surface area contributed by atoms with E-state index in [9.17, 15) is 4.79 Å². The Morgan fingerprint density at radius 1 is 1.82 bits per heavy atom. The zero-order valence-corrected chi connectivity index (χ0v) is 7.16. The highest BCUT2D eigenvalue weighted by Gasteiger charge is 2.17. The van der Waals surface area contributed by atoms with Crippen LogP contribution < -0.4 is 5.73 Å². The fourth-order valence-electron chi connectivity index (χ4n) is 0.909. The second-order valence-corrected chi connectivity index (χ2v) is 3.24. The number of ether oxygens (including phenoxy) is 1. The zero-order chi connectivity index (χ0) is 8.27. The standard InChI is InChI=1S/C7H10NO2S/c1-2-5-6(7(8)9)11-4-3-10-5/h8H,2-4H2,1H3. The third kappa shape index (κ3) is 1.89. The van der Waals surface area contributed by atoms with Crippen LogP contribution in [0.1, 0.15) is 13.3 Å². The highest BCUT2D eigenvalue weighted by atomic mass is 32.2. The molecule has 0 bridgehead atoms. The van der Waals surface area contributed by atoms with Crippen LogP contribution in [0.25, 0.3) is 0 Å². The molecule has 1 rings (SSSR count). The number of hydrogen-bond acceptors (Lipinski definition) is 3. The van der Waals surface area contributed by atoms with Gasteiger partial charge < -0.3 is 4.74 Å².